The number of carbonyl (C=O) groups is 1. The topological polar surface area (TPSA) is 44.8 Å². The maximum Gasteiger partial charge on any atom is 0.342 e. The summed E-state index contributed by atoms with van der Waals surface area (Å²) in [6.07, 6.45) is 0. The number of esters is 1. The molecule has 0 unspecified atom stereocenters. The van der Waals surface area contributed by atoms with Crippen molar-refractivity contribution in [3.05, 3.63) is 23.3 Å². The van der Waals surface area contributed by atoms with Crippen molar-refractivity contribution in [2.45, 2.75) is 6.61 Å². The van der Waals surface area contributed by atoms with Gasteiger partial charge >= 0.3 is 5.97 Å². The number of fused-ring (bicyclic) bond motifs is 3. The van der Waals surface area contributed by atoms with Crippen LogP contribution in [0.25, 0.3) is 0 Å². The smallest absolute Gasteiger partial charge is 0.342 e. The SMILES string of the molecule is O=C1OCc2ccc3c(c21)OCCO3. The third kappa shape index (κ3) is 0.907. The van der Waals surface area contributed by atoms with Crippen LogP contribution in [0.15, 0.2) is 12.1 Å². The van der Waals surface area contributed by atoms with Crippen molar-refractivity contribution in [1.29, 1.82) is 0 Å². The van der Waals surface area contributed by atoms with Gasteiger partial charge in [0, 0.05) is 5.56 Å². The molecule has 3 rings (SSSR count). The fourth-order valence-electron chi connectivity index (χ4n) is 1.72. The van der Waals surface area contributed by atoms with Crippen molar-refractivity contribution in [2.24, 2.45) is 0 Å². The van der Waals surface area contributed by atoms with Crippen LogP contribution in [0.5, 0.6) is 11.5 Å². The summed E-state index contributed by atoms with van der Waals surface area (Å²) in [5.41, 5.74) is 1.40. The Morgan fingerprint density at radius 1 is 1.07 bits per heavy atom. The molecular weight excluding hydrogens is 184 g/mol. The van der Waals surface area contributed by atoms with Gasteiger partial charge in [0.2, 0.25) is 0 Å². The second kappa shape index (κ2) is 2.64. The van der Waals surface area contributed by atoms with Crippen LogP contribution < -0.4 is 9.47 Å². The summed E-state index contributed by atoms with van der Waals surface area (Å²) in [5, 5.41) is 0. The number of carbonyl (C=O) groups excluding carboxylic acids is 1. The second-order valence-electron chi connectivity index (χ2n) is 3.20. The van der Waals surface area contributed by atoms with Gasteiger partial charge in [-0.2, -0.15) is 0 Å². The maximum atomic E-state index is 11.4. The molecule has 0 fully saturated rings. The lowest BCUT2D eigenvalue weighted by molar-refractivity contribution is 0.0529. The highest BCUT2D eigenvalue weighted by atomic mass is 16.6. The normalized spacial score (nSPS) is 17.6. The highest BCUT2D eigenvalue weighted by molar-refractivity contribution is 5.97. The molecule has 0 aliphatic carbocycles. The molecule has 0 aromatic heterocycles. The molecular formula is C10H8O4. The van der Waals surface area contributed by atoms with E-state index in [2.05, 4.69) is 0 Å². The third-order valence-corrected chi connectivity index (χ3v) is 2.36. The van der Waals surface area contributed by atoms with Gasteiger partial charge in [-0.1, -0.05) is 6.07 Å². The molecule has 4 nitrogen and oxygen atoms in total. The van der Waals surface area contributed by atoms with Crippen LogP contribution >= 0.6 is 0 Å². The lowest BCUT2D eigenvalue weighted by Gasteiger charge is -2.19. The summed E-state index contributed by atoms with van der Waals surface area (Å²) in [7, 11) is 0. The first-order valence-corrected chi connectivity index (χ1v) is 4.45. The van der Waals surface area contributed by atoms with E-state index in [1.54, 1.807) is 0 Å². The van der Waals surface area contributed by atoms with Crippen LogP contribution in [0, 0.1) is 0 Å². The first-order chi connectivity index (χ1) is 6.86. The van der Waals surface area contributed by atoms with Gasteiger partial charge in [-0.3, -0.25) is 0 Å². The van der Waals surface area contributed by atoms with E-state index >= 15 is 0 Å². The summed E-state index contributed by atoms with van der Waals surface area (Å²) in [5.74, 6) is 0.854. The quantitative estimate of drug-likeness (QED) is 0.578. The molecule has 0 bridgehead atoms. The van der Waals surface area contributed by atoms with Gasteiger partial charge in [0.1, 0.15) is 25.4 Å². The van der Waals surface area contributed by atoms with E-state index in [-0.39, 0.29) is 5.97 Å². The molecule has 2 aliphatic heterocycles. The van der Waals surface area contributed by atoms with Crippen LogP contribution in [0.2, 0.25) is 0 Å². The Bertz CT molecular complexity index is 411. The molecule has 0 saturated heterocycles. The summed E-state index contributed by atoms with van der Waals surface area (Å²) < 4.78 is 15.7. The molecule has 0 spiro atoms. The average molecular weight is 192 g/mol. The molecule has 2 heterocycles. The number of hydrogen-bond acceptors (Lipinski definition) is 4. The molecule has 1 aromatic carbocycles. The Kier molecular flexibility index (Phi) is 1.45. The Hall–Kier alpha value is -1.71. The Morgan fingerprint density at radius 2 is 1.93 bits per heavy atom. The highest BCUT2D eigenvalue weighted by Gasteiger charge is 2.29. The lowest BCUT2D eigenvalue weighted by Crippen LogP contribution is -2.17. The Morgan fingerprint density at radius 3 is 2.86 bits per heavy atom. The molecule has 0 amide bonds. The van der Waals surface area contributed by atoms with Crippen LogP contribution in [-0.4, -0.2) is 19.2 Å². The zero-order chi connectivity index (χ0) is 9.54. The van der Waals surface area contributed by atoms with Crippen LogP contribution in [0.1, 0.15) is 15.9 Å². The molecule has 0 N–H and O–H groups in total. The summed E-state index contributed by atoms with van der Waals surface area (Å²) in [4.78, 5) is 11.4. The van der Waals surface area contributed by atoms with Gasteiger partial charge in [-0.05, 0) is 6.07 Å². The van der Waals surface area contributed by atoms with Crippen LogP contribution in [0.3, 0.4) is 0 Å². The van der Waals surface area contributed by atoms with Crippen molar-refractivity contribution in [1.82, 2.24) is 0 Å². The third-order valence-electron chi connectivity index (χ3n) is 2.36. The molecule has 0 saturated carbocycles. The standard InChI is InChI=1S/C10H8O4/c11-10-8-6(5-14-10)1-2-7-9(8)13-4-3-12-7/h1-2H,3-5H2. The van der Waals surface area contributed by atoms with Gasteiger partial charge in [0.15, 0.2) is 11.5 Å². The fourth-order valence-corrected chi connectivity index (χ4v) is 1.72. The number of cyclic esters (lactones) is 1. The van der Waals surface area contributed by atoms with E-state index < -0.39 is 0 Å². The monoisotopic (exact) mass is 192 g/mol. The van der Waals surface area contributed by atoms with Gasteiger partial charge in [0.25, 0.3) is 0 Å². The number of benzene rings is 1. The summed E-state index contributed by atoms with van der Waals surface area (Å²) >= 11 is 0. The number of rotatable bonds is 0. The molecule has 0 radical (unpaired) electrons. The zero-order valence-electron chi connectivity index (χ0n) is 7.41. The lowest BCUT2D eigenvalue weighted by atomic mass is 10.1. The van der Waals surface area contributed by atoms with Gasteiger partial charge in [-0.15, -0.1) is 0 Å². The van der Waals surface area contributed by atoms with Gasteiger partial charge in [-0.25, -0.2) is 4.79 Å². The second-order valence-corrected chi connectivity index (χ2v) is 3.20. The first-order valence-electron chi connectivity index (χ1n) is 4.45. The van der Waals surface area contributed by atoms with E-state index in [0.29, 0.717) is 36.9 Å². The summed E-state index contributed by atoms with van der Waals surface area (Å²) in [6.45, 7) is 1.35. The maximum absolute atomic E-state index is 11.4. The van der Waals surface area contributed by atoms with Crippen LogP contribution in [-0.2, 0) is 11.3 Å². The molecule has 4 heteroatoms. The van der Waals surface area contributed by atoms with Crippen molar-refractivity contribution in [3.63, 3.8) is 0 Å². The predicted molar refractivity (Wildman–Crippen MR) is 46.6 cm³/mol. The van der Waals surface area contributed by atoms with E-state index in [1.165, 1.54) is 0 Å². The fraction of sp³-hybridized carbons (Fsp3) is 0.300. The summed E-state index contributed by atoms with van der Waals surface area (Å²) in [6, 6.07) is 3.66. The molecule has 72 valence electrons. The van der Waals surface area contributed by atoms with Crippen molar-refractivity contribution >= 4 is 5.97 Å². The Balaban J connectivity index is 2.23. The minimum Gasteiger partial charge on any atom is -0.486 e. The highest BCUT2D eigenvalue weighted by Crippen LogP contribution is 2.38. The molecule has 1 aromatic rings. The minimum atomic E-state index is -0.317. The van der Waals surface area contributed by atoms with Crippen molar-refractivity contribution in [3.8, 4) is 11.5 Å². The van der Waals surface area contributed by atoms with E-state index in [4.69, 9.17) is 14.2 Å². The average Bonchev–Trinajstić information content (AvgIpc) is 2.61. The minimum absolute atomic E-state index is 0.317. The zero-order valence-corrected chi connectivity index (χ0v) is 7.41. The number of hydrogen-bond donors (Lipinski definition) is 0. The van der Waals surface area contributed by atoms with Gasteiger partial charge in [0.05, 0.1) is 0 Å². The van der Waals surface area contributed by atoms with Crippen molar-refractivity contribution in [2.75, 3.05) is 13.2 Å². The van der Waals surface area contributed by atoms with Crippen molar-refractivity contribution < 1.29 is 19.0 Å². The van der Waals surface area contributed by atoms with Crippen LogP contribution in [0.4, 0.5) is 0 Å². The van der Waals surface area contributed by atoms with E-state index in [0.717, 1.165) is 5.56 Å². The predicted octanol–water partition coefficient (Wildman–Crippen LogP) is 1.13. The number of ether oxygens (including phenoxy) is 3. The Labute approximate surface area is 80.4 Å². The molecule has 14 heavy (non-hydrogen) atoms. The van der Waals surface area contributed by atoms with E-state index in [1.807, 2.05) is 12.1 Å². The molecule has 0 atom stereocenters. The largest absolute Gasteiger partial charge is 0.486 e. The first kappa shape index (κ1) is 7.67. The van der Waals surface area contributed by atoms with E-state index in [9.17, 15) is 4.79 Å². The van der Waals surface area contributed by atoms with Gasteiger partial charge < -0.3 is 14.2 Å². The molecule has 2 aliphatic rings.